The summed E-state index contributed by atoms with van der Waals surface area (Å²) in [6, 6.07) is 7.90. The van der Waals surface area contributed by atoms with Crippen molar-refractivity contribution in [2.75, 3.05) is 44.7 Å². The Balaban J connectivity index is 1.79. The third-order valence-corrected chi connectivity index (χ3v) is 2.96. The van der Waals surface area contributed by atoms with Crippen molar-refractivity contribution in [1.29, 1.82) is 5.41 Å². The Morgan fingerprint density at radius 3 is 2.82 bits per heavy atom. The predicted octanol–water partition coefficient (Wildman–Crippen LogP) is 1.43. The quantitative estimate of drug-likeness (QED) is 0.756. The smallest absolute Gasteiger partial charge is 0.0594 e. The minimum Gasteiger partial charge on any atom is -0.383 e. The normalized spacial score (nSPS) is 16.7. The number of anilines is 1. The molecule has 0 aromatic heterocycles. The van der Waals surface area contributed by atoms with Crippen molar-refractivity contribution in [2.45, 2.75) is 0 Å². The first-order chi connectivity index (χ1) is 8.40. The lowest BCUT2D eigenvalue weighted by Crippen LogP contribution is -2.39. The minimum atomic E-state index is 0.844. The summed E-state index contributed by atoms with van der Waals surface area (Å²) < 4.78 is 5.31. The number of nitrogens with one attached hydrogen (secondary N) is 2. The number of hydrogen-bond acceptors (Lipinski definition) is 4. The first-order valence-electron chi connectivity index (χ1n) is 6.03. The molecule has 1 heterocycles. The van der Waals surface area contributed by atoms with E-state index in [2.05, 4.69) is 10.2 Å². The SMILES string of the molecule is N=Cc1ccccc1NCCN1CCOCC1. The first-order valence-corrected chi connectivity index (χ1v) is 6.03. The number of benzene rings is 1. The van der Waals surface area contributed by atoms with E-state index in [1.807, 2.05) is 24.3 Å². The van der Waals surface area contributed by atoms with Gasteiger partial charge in [0.1, 0.15) is 0 Å². The molecule has 1 saturated heterocycles. The van der Waals surface area contributed by atoms with Gasteiger partial charge < -0.3 is 15.5 Å². The Hall–Kier alpha value is -1.39. The summed E-state index contributed by atoms with van der Waals surface area (Å²) in [4.78, 5) is 2.39. The molecule has 0 radical (unpaired) electrons. The zero-order valence-electron chi connectivity index (χ0n) is 9.98. The Labute approximate surface area is 102 Å². The molecule has 0 bridgehead atoms. The average Bonchev–Trinajstić information content (AvgIpc) is 2.40. The number of ether oxygens (including phenoxy) is 1. The number of hydrogen-bond donors (Lipinski definition) is 2. The van der Waals surface area contributed by atoms with Crippen LogP contribution in [0.2, 0.25) is 0 Å². The van der Waals surface area contributed by atoms with E-state index in [-0.39, 0.29) is 0 Å². The molecule has 0 amide bonds. The predicted molar refractivity (Wildman–Crippen MR) is 70.1 cm³/mol. The fraction of sp³-hybridized carbons (Fsp3) is 0.462. The molecule has 0 atom stereocenters. The Kier molecular flexibility index (Phi) is 4.53. The second-order valence-electron chi connectivity index (χ2n) is 4.11. The first kappa shape index (κ1) is 12.1. The van der Waals surface area contributed by atoms with Crippen molar-refractivity contribution in [3.63, 3.8) is 0 Å². The van der Waals surface area contributed by atoms with Gasteiger partial charge in [0.2, 0.25) is 0 Å². The molecular formula is C13H19N3O. The van der Waals surface area contributed by atoms with E-state index in [4.69, 9.17) is 10.1 Å². The summed E-state index contributed by atoms with van der Waals surface area (Å²) in [7, 11) is 0. The van der Waals surface area contributed by atoms with Crippen LogP contribution in [0.4, 0.5) is 5.69 Å². The number of rotatable bonds is 5. The second kappa shape index (κ2) is 6.37. The van der Waals surface area contributed by atoms with E-state index in [1.165, 1.54) is 6.21 Å². The highest BCUT2D eigenvalue weighted by Gasteiger charge is 2.09. The molecule has 0 spiro atoms. The van der Waals surface area contributed by atoms with Crippen molar-refractivity contribution >= 4 is 11.9 Å². The van der Waals surface area contributed by atoms with Gasteiger partial charge in [0.25, 0.3) is 0 Å². The lowest BCUT2D eigenvalue weighted by atomic mass is 10.2. The van der Waals surface area contributed by atoms with Gasteiger partial charge in [-0.2, -0.15) is 0 Å². The summed E-state index contributed by atoms with van der Waals surface area (Å²) in [5.41, 5.74) is 1.98. The molecule has 17 heavy (non-hydrogen) atoms. The van der Waals surface area contributed by atoms with E-state index < -0.39 is 0 Å². The van der Waals surface area contributed by atoms with Crippen molar-refractivity contribution in [3.05, 3.63) is 29.8 Å². The maximum absolute atomic E-state index is 7.32. The monoisotopic (exact) mass is 233 g/mol. The van der Waals surface area contributed by atoms with Gasteiger partial charge in [-0.15, -0.1) is 0 Å². The van der Waals surface area contributed by atoms with Crippen LogP contribution in [0.5, 0.6) is 0 Å². The maximum atomic E-state index is 7.32. The molecule has 1 aliphatic rings. The summed E-state index contributed by atoms with van der Waals surface area (Å²) in [6.45, 7) is 5.66. The van der Waals surface area contributed by atoms with Gasteiger partial charge in [0, 0.05) is 43.6 Å². The van der Waals surface area contributed by atoms with Gasteiger partial charge >= 0.3 is 0 Å². The van der Waals surface area contributed by atoms with Gasteiger partial charge in [-0.25, -0.2) is 0 Å². The van der Waals surface area contributed by atoms with Gasteiger partial charge in [-0.3, -0.25) is 4.90 Å². The van der Waals surface area contributed by atoms with Crippen molar-refractivity contribution in [3.8, 4) is 0 Å². The fourth-order valence-corrected chi connectivity index (χ4v) is 1.96. The summed E-state index contributed by atoms with van der Waals surface area (Å²) in [6.07, 6.45) is 1.39. The zero-order chi connectivity index (χ0) is 11.9. The van der Waals surface area contributed by atoms with Crippen LogP contribution >= 0.6 is 0 Å². The summed E-state index contributed by atoms with van der Waals surface area (Å²) >= 11 is 0. The second-order valence-corrected chi connectivity index (χ2v) is 4.11. The van der Waals surface area contributed by atoms with Gasteiger partial charge in [-0.05, 0) is 6.07 Å². The zero-order valence-corrected chi connectivity index (χ0v) is 9.98. The van der Waals surface area contributed by atoms with E-state index >= 15 is 0 Å². The van der Waals surface area contributed by atoms with Crippen molar-refractivity contribution in [2.24, 2.45) is 0 Å². The van der Waals surface area contributed by atoms with Crippen LogP contribution in [0.1, 0.15) is 5.56 Å². The average molecular weight is 233 g/mol. The van der Waals surface area contributed by atoms with E-state index in [0.717, 1.165) is 50.6 Å². The molecule has 4 heteroatoms. The van der Waals surface area contributed by atoms with E-state index in [0.29, 0.717) is 0 Å². The van der Waals surface area contributed by atoms with Crippen LogP contribution in [0.15, 0.2) is 24.3 Å². The highest BCUT2D eigenvalue weighted by molar-refractivity contribution is 5.85. The molecule has 92 valence electrons. The summed E-state index contributed by atoms with van der Waals surface area (Å²) in [5, 5.41) is 10.7. The minimum absolute atomic E-state index is 0.844. The highest BCUT2D eigenvalue weighted by atomic mass is 16.5. The van der Waals surface area contributed by atoms with Crippen molar-refractivity contribution < 1.29 is 4.74 Å². The van der Waals surface area contributed by atoms with Crippen LogP contribution in [-0.4, -0.2) is 50.5 Å². The fourth-order valence-electron chi connectivity index (χ4n) is 1.96. The van der Waals surface area contributed by atoms with Crippen molar-refractivity contribution in [1.82, 2.24) is 4.90 Å². The number of para-hydroxylation sites is 1. The topological polar surface area (TPSA) is 48.4 Å². The third kappa shape index (κ3) is 3.54. The third-order valence-electron chi connectivity index (χ3n) is 2.96. The van der Waals surface area contributed by atoms with Crippen LogP contribution < -0.4 is 5.32 Å². The molecule has 1 aromatic rings. The van der Waals surface area contributed by atoms with Crippen LogP contribution in [-0.2, 0) is 4.74 Å². The molecule has 1 aromatic carbocycles. The molecule has 0 unspecified atom stereocenters. The van der Waals surface area contributed by atoms with Gasteiger partial charge in [-0.1, -0.05) is 18.2 Å². The molecule has 1 aliphatic heterocycles. The number of morpholine rings is 1. The molecule has 2 N–H and O–H groups in total. The Morgan fingerprint density at radius 1 is 1.29 bits per heavy atom. The van der Waals surface area contributed by atoms with Crippen LogP contribution in [0.3, 0.4) is 0 Å². The highest BCUT2D eigenvalue weighted by Crippen LogP contribution is 2.11. The Bertz CT molecular complexity index is 361. The Morgan fingerprint density at radius 2 is 2.06 bits per heavy atom. The van der Waals surface area contributed by atoms with Crippen LogP contribution in [0, 0.1) is 5.41 Å². The van der Waals surface area contributed by atoms with Gasteiger partial charge in [0.05, 0.1) is 13.2 Å². The number of nitrogens with zero attached hydrogens (tertiary/aromatic N) is 1. The van der Waals surface area contributed by atoms with E-state index in [9.17, 15) is 0 Å². The molecule has 4 nitrogen and oxygen atoms in total. The lowest BCUT2D eigenvalue weighted by molar-refractivity contribution is 0.0398. The molecule has 1 fully saturated rings. The molecular weight excluding hydrogens is 214 g/mol. The lowest BCUT2D eigenvalue weighted by Gasteiger charge is -2.26. The largest absolute Gasteiger partial charge is 0.383 e. The summed E-state index contributed by atoms with van der Waals surface area (Å²) in [5.74, 6) is 0. The van der Waals surface area contributed by atoms with Gasteiger partial charge in [0.15, 0.2) is 0 Å². The molecule has 0 aliphatic carbocycles. The van der Waals surface area contributed by atoms with E-state index in [1.54, 1.807) is 0 Å². The molecule has 0 saturated carbocycles. The van der Waals surface area contributed by atoms with Crippen LogP contribution in [0.25, 0.3) is 0 Å². The standard InChI is InChI=1S/C13H19N3O/c14-11-12-3-1-2-4-13(12)15-5-6-16-7-9-17-10-8-16/h1-4,11,14-15H,5-10H2. The molecule has 2 rings (SSSR count). The maximum Gasteiger partial charge on any atom is 0.0594 e.